The molecule has 4 heterocycles. The number of nitrogens with two attached hydrogens (primary N) is 1. The number of aromatic nitrogens is 3. The molecule has 0 aliphatic carbocycles. The van der Waals surface area contributed by atoms with E-state index in [9.17, 15) is 5.11 Å². The molecular weight excluding hydrogens is 446 g/mol. The predicted molar refractivity (Wildman–Crippen MR) is 125 cm³/mol. The zero-order chi connectivity index (χ0) is 22.3. The molecule has 1 fully saturated rings. The highest BCUT2D eigenvalue weighted by atomic mass is 35.5. The minimum absolute atomic E-state index is 0.0467. The van der Waals surface area contributed by atoms with E-state index in [0.29, 0.717) is 29.1 Å². The second-order valence-electron chi connectivity index (χ2n) is 8.27. The molecule has 1 spiro atoms. The molecule has 1 atom stereocenters. The first-order chi connectivity index (χ1) is 15.4. The Labute approximate surface area is 195 Å². The standard InChI is InChI=1S/C23H22ClN5O2S/c1-22(30,20-26-8-11-32-20)5-4-15-2-3-16-18(12-15)29(14-23(16)6-9-31-10-7-23)19-17(24)13-27-21(25)28-19/h2-3,8,11-13,30H,6-7,9-10,14H2,1H3,(H2,25,27,28). The van der Waals surface area contributed by atoms with Gasteiger partial charge in [-0.3, -0.25) is 0 Å². The normalized spacial score (nSPS) is 18.7. The molecule has 3 aromatic rings. The zero-order valence-corrected chi connectivity index (χ0v) is 19.1. The predicted octanol–water partition coefficient (Wildman–Crippen LogP) is 3.63. The zero-order valence-electron chi connectivity index (χ0n) is 17.5. The van der Waals surface area contributed by atoms with Crippen LogP contribution in [0.15, 0.2) is 36.0 Å². The van der Waals surface area contributed by atoms with Crippen LogP contribution in [0.2, 0.25) is 5.02 Å². The Kier molecular flexibility index (Phi) is 5.30. The van der Waals surface area contributed by atoms with Crippen LogP contribution in [-0.2, 0) is 15.8 Å². The maximum atomic E-state index is 10.7. The SMILES string of the molecule is CC(O)(C#Cc1ccc2c(c1)N(c1nc(N)ncc1Cl)CC21CCOCC1)c1nccs1. The fraction of sp³-hybridized carbons (Fsp3) is 0.348. The average molecular weight is 468 g/mol. The van der Waals surface area contributed by atoms with E-state index in [1.165, 1.54) is 23.1 Å². The molecule has 164 valence electrons. The van der Waals surface area contributed by atoms with Crippen LogP contribution in [0.4, 0.5) is 17.5 Å². The summed E-state index contributed by atoms with van der Waals surface area (Å²) in [5.41, 5.74) is 7.51. The van der Waals surface area contributed by atoms with Crippen LogP contribution >= 0.6 is 22.9 Å². The molecule has 0 saturated carbocycles. The van der Waals surface area contributed by atoms with Crippen molar-refractivity contribution in [2.45, 2.75) is 30.8 Å². The van der Waals surface area contributed by atoms with Crippen LogP contribution < -0.4 is 10.6 Å². The lowest BCUT2D eigenvalue weighted by atomic mass is 9.76. The first-order valence-electron chi connectivity index (χ1n) is 10.3. The van der Waals surface area contributed by atoms with Gasteiger partial charge in [0.2, 0.25) is 5.95 Å². The summed E-state index contributed by atoms with van der Waals surface area (Å²) in [6, 6.07) is 6.15. The van der Waals surface area contributed by atoms with Gasteiger partial charge >= 0.3 is 0 Å². The van der Waals surface area contributed by atoms with E-state index < -0.39 is 5.60 Å². The summed E-state index contributed by atoms with van der Waals surface area (Å²) < 4.78 is 5.64. The summed E-state index contributed by atoms with van der Waals surface area (Å²) in [7, 11) is 0. The molecule has 2 aliphatic rings. The first-order valence-corrected chi connectivity index (χ1v) is 11.6. The molecular formula is C23H22ClN5O2S. The van der Waals surface area contributed by atoms with E-state index in [0.717, 1.165) is 30.6 Å². The Bertz CT molecular complexity index is 1210. The Hall–Kier alpha value is -2.70. The number of hydrogen-bond acceptors (Lipinski definition) is 8. The molecule has 32 heavy (non-hydrogen) atoms. The van der Waals surface area contributed by atoms with Gasteiger partial charge in [-0.15, -0.1) is 11.3 Å². The summed E-state index contributed by atoms with van der Waals surface area (Å²) in [4.78, 5) is 14.7. The highest BCUT2D eigenvalue weighted by molar-refractivity contribution is 7.09. The smallest absolute Gasteiger partial charge is 0.222 e. The third kappa shape index (κ3) is 3.71. The van der Waals surface area contributed by atoms with Gasteiger partial charge in [0.15, 0.2) is 11.4 Å². The second-order valence-corrected chi connectivity index (χ2v) is 9.57. The molecule has 0 bridgehead atoms. The fourth-order valence-electron chi connectivity index (χ4n) is 4.40. The van der Waals surface area contributed by atoms with Crippen molar-refractivity contribution in [2.24, 2.45) is 0 Å². The number of fused-ring (bicyclic) bond motifs is 2. The number of halogens is 1. The summed E-state index contributed by atoms with van der Waals surface area (Å²) >= 11 is 7.85. The fourth-order valence-corrected chi connectivity index (χ4v) is 5.25. The van der Waals surface area contributed by atoms with Crippen molar-refractivity contribution in [3.05, 3.63) is 57.1 Å². The van der Waals surface area contributed by atoms with Crippen molar-refractivity contribution < 1.29 is 9.84 Å². The van der Waals surface area contributed by atoms with E-state index in [4.69, 9.17) is 22.1 Å². The number of nitrogens with zero attached hydrogens (tertiary/aromatic N) is 4. The third-order valence-electron chi connectivity index (χ3n) is 6.07. The highest BCUT2D eigenvalue weighted by Gasteiger charge is 2.45. The van der Waals surface area contributed by atoms with E-state index in [1.54, 1.807) is 13.1 Å². The average Bonchev–Trinajstić information content (AvgIpc) is 3.43. The van der Waals surface area contributed by atoms with Gasteiger partial charge in [-0.25, -0.2) is 9.97 Å². The molecule has 9 heteroatoms. The molecule has 0 amide bonds. The van der Waals surface area contributed by atoms with E-state index in [-0.39, 0.29) is 11.4 Å². The van der Waals surface area contributed by atoms with Crippen LogP contribution in [0.3, 0.4) is 0 Å². The number of ether oxygens (including phenoxy) is 1. The quantitative estimate of drug-likeness (QED) is 0.555. The van der Waals surface area contributed by atoms with Gasteiger partial charge in [-0.2, -0.15) is 4.98 Å². The number of nitrogen functional groups attached to an aromatic ring is 1. The molecule has 2 aliphatic heterocycles. The lowest BCUT2D eigenvalue weighted by Gasteiger charge is -2.34. The Morgan fingerprint density at radius 2 is 2.12 bits per heavy atom. The largest absolute Gasteiger partial charge is 0.381 e. The molecule has 1 unspecified atom stereocenters. The Morgan fingerprint density at radius 1 is 1.31 bits per heavy atom. The van der Waals surface area contributed by atoms with Crippen LogP contribution in [0.5, 0.6) is 0 Å². The van der Waals surface area contributed by atoms with Crippen molar-refractivity contribution in [1.29, 1.82) is 0 Å². The minimum Gasteiger partial charge on any atom is -0.381 e. The molecule has 1 saturated heterocycles. The summed E-state index contributed by atoms with van der Waals surface area (Å²) in [5.74, 6) is 6.84. The van der Waals surface area contributed by atoms with Gasteiger partial charge in [0.25, 0.3) is 0 Å². The van der Waals surface area contributed by atoms with Crippen molar-refractivity contribution in [3.8, 4) is 11.8 Å². The summed E-state index contributed by atoms with van der Waals surface area (Å²) in [6.45, 7) is 3.81. The van der Waals surface area contributed by atoms with E-state index in [1.807, 2.05) is 17.5 Å². The molecule has 1 aromatic carbocycles. The molecule has 0 radical (unpaired) electrons. The van der Waals surface area contributed by atoms with Crippen molar-refractivity contribution in [3.63, 3.8) is 0 Å². The van der Waals surface area contributed by atoms with E-state index in [2.05, 4.69) is 37.8 Å². The minimum atomic E-state index is -1.32. The van der Waals surface area contributed by atoms with Gasteiger partial charge in [0.1, 0.15) is 10.0 Å². The molecule has 7 nitrogen and oxygen atoms in total. The van der Waals surface area contributed by atoms with Gasteiger partial charge in [0, 0.05) is 48.0 Å². The van der Waals surface area contributed by atoms with E-state index >= 15 is 0 Å². The number of hydrogen-bond donors (Lipinski definition) is 2. The van der Waals surface area contributed by atoms with Gasteiger partial charge in [-0.05, 0) is 37.5 Å². The molecule has 2 aromatic heterocycles. The maximum Gasteiger partial charge on any atom is 0.222 e. The van der Waals surface area contributed by atoms with Crippen LogP contribution in [0.1, 0.15) is 35.9 Å². The highest BCUT2D eigenvalue weighted by Crippen LogP contribution is 2.50. The van der Waals surface area contributed by atoms with Crippen LogP contribution in [-0.4, -0.2) is 39.8 Å². The number of aliphatic hydroxyl groups is 1. The van der Waals surface area contributed by atoms with Crippen LogP contribution in [0, 0.1) is 11.8 Å². The number of anilines is 3. The summed E-state index contributed by atoms with van der Waals surface area (Å²) in [5, 5.41) is 13.6. The number of rotatable bonds is 2. The maximum absolute atomic E-state index is 10.7. The van der Waals surface area contributed by atoms with Crippen molar-refractivity contribution in [1.82, 2.24) is 15.0 Å². The van der Waals surface area contributed by atoms with Gasteiger partial charge < -0.3 is 20.5 Å². The van der Waals surface area contributed by atoms with Gasteiger partial charge in [0.05, 0.1) is 6.20 Å². The van der Waals surface area contributed by atoms with Gasteiger partial charge in [-0.1, -0.05) is 29.5 Å². The van der Waals surface area contributed by atoms with Crippen molar-refractivity contribution >= 4 is 40.4 Å². The number of thiazole rings is 1. The lowest BCUT2D eigenvalue weighted by Crippen LogP contribution is -2.37. The Balaban J connectivity index is 1.58. The topological polar surface area (TPSA) is 97.4 Å². The van der Waals surface area contributed by atoms with Crippen molar-refractivity contribution in [2.75, 3.05) is 30.4 Å². The van der Waals surface area contributed by atoms with Crippen LogP contribution in [0.25, 0.3) is 0 Å². The first kappa shape index (κ1) is 21.2. The third-order valence-corrected chi connectivity index (χ3v) is 7.32. The number of benzene rings is 1. The monoisotopic (exact) mass is 467 g/mol. The second kappa shape index (κ2) is 8.01. The Morgan fingerprint density at radius 3 is 2.88 bits per heavy atom. The molecule has 3 N–H and O–H groups in total. The summed E-state index contributed by atoms with van der Waals surface area (Å²) in [6.07, 6.45) is 5.02. The molecule has 5 rings (SSSR count). The lowest BCUT2D eigenvalue weighted by molar-refractivity contribution is 0.0558.